The first-order valence-corrected chi connectivity index (χ1v) is 8.49. The minimum absolute atomic E-state index is 0.983. The molecule has 4 rings (SSSR count). The van der Waals surface area contributed by atoms with E-state index >= 15 is 0 Å². The van der Waals surface area contributed by atoms with Gasteiger partial charge in [-0.05, 0) is 60.2 Å². The van der Waals surface area contributed by atoms with Crippen LogP contribution in [0.4, 0.5) is 5.82 Å². The molecule has 2 heterocycles. The Morgan fingerprint density at radius 3 is 2.50 bits per heavy atom. The number of halogens is 1. The van der Waals surface area contributed by atoms with Crippen molar-refractivity contribution in [3.63, 3.8) is 0 Å². The first-order chi connectivity index (χ1) is 10.7. The van der Waals surface area contributed by atoms with Crippen LogP contribution < -0.4 is 5.32 Å². The van der Waals surface area contributed by atoms with Gasteiger partial charge in [-0.2, -0.15) is 5.10 Å². The van der Waals surface area contributed by atoms with Crippen molar-refractivity contribution < 1.29 is 0 Å². The molecule has 0 aliphatic carbocycles. The zero-order valence-corrected chi connectivity index (χ0v) is 14.5. The van der Waals surface area contributed by atoms with Gasteiger partial charge in [0.25, 0.3) is 0 Å². The molecule has 1 aromatic heterocycles. The maximum absolute atomic E-state index is 4.88. The van der Waals surface area contributed by atoms with E-state index < -0.39 is 0 Å². The van der Waals surface area contributed by atoms with Gasteiger partial charge in [0.05, 0.1) is 11.4 Å². The highest BCUT2D eigenvalue weighted by Gasteiger charge is 2.23. The third-order valence-electron chi connectivity index (χ3n) is 4.05. The third-order valence-corrected chi connectivity index (χ3v) is 4.77. The second kappa shape index (κ2) is 5.43. The van der Waals surface area contributed by atoms with Crippen LogP contribution in [0.25, 0.3) is 16.9 Å². The number of rotatable bonds is 2. The Hall–Kier alpha value is -1.82. The number of hydrogen-bond acceptors (Lipinski definition) is 2. The van der Waals surface area contributed by atoms with Gasteiger partial charge in [-0.15, -0.1) is 0 Å². The number of aryl methyl sites for hydroxylation is 1. The summed E-state index contributed by atoms with van der Waals surface area (Å²) >= 11 is 2.33. The van der Waals surface area contributed by atoms with Crippen molar-refractivity contribution in [3.8, 4) is 16.9 Å². The maximum atomic E-state index is 4.88. The SMILES string of the molecule is Cc1ccc(-n2nc(-c3ccc(I)cc3)c3c2NCC3)cc1. The zero-order valence-electron chi connectivity index (χ0n) is 12.3. The van der Waals surface area contributed by atoms with E-state index in [1.807, 2.05) is 4.68 Å². The lowest BCUT2D eigenvalue weighted by atomic mass is 10.1. The predicted molar refractivity (Wildman–Crippen MR) is 98.6 cm³/mol. The van der Waals surface area contributed by atoms with E-state index in [-0.39, 0.29) is 0 Å². The maximum Gasteiger partial charge on any atom is 0.133 e. The number of aromatic nitrogens is 2. The molecule has 1 N–H and O–H groups in total. The Morgan fingerprint density at radius 2 is 1.77 bits per heavy atom. The van der Waals surface area contributed by atoms with Gasteiger partial charge in [-0.1, -0.05) is 29.8 Å². The van der Waals surface area contributed by atoms with Crippen molar-refractivity contribution >= 4 is 28.4 Å². The van der Waals surface area contributed by atoms with E-state index in [0.29, 0.717) is 0 Å². The molecule has 3 aromatic rings. The molecule has 2 aromatic carbocycles. The molecular formula is C18H16IN3. The Kier molecular flexibility index (Phi) is 3.41. The smallest absolute Gasteiger partial charge is 0.133 e. The molecule has 3 nitrogen and oxygen atoms in total. The van der Waals surface area contributed by atoms with Crippen molar-refractivity contribution in [2.24, 2.45) is 0 Å². The van der Waals surface area contributed by atoms with Crippen LogP contribution in [0.3, 0.4) is 0 Å². The fraction of sp³-hybridized carbons (Fsp3) is 0.167. The first-order valence-electron chi connectivity index (χ1n) is 7.41. The molecule has 1 aliphatic rings. The molecule has 0 unspecified atom stereocenters. The Bertz CT molecular complexity index is 749. The second-order valence-electron chi connectivity index (χ2n) is 5.61. The fourth-order valence-corrected chi connectivity index (χ4v) is 3.25. The minimum atomic E-state index is 0.983. The van der Waals surface area contributed by atoms with Gasteiger partial charge in [-0.3, -0.25) is 0 Å². The standard InChI is InChI=1S/C18H16IN3/c1-12-2-8-15(9-3-12)22-18-16(10-11-20-18)17(21-22)13-4-6-14(19)7-5-13/h2-9,20H,10-11H2,1H3. The number of fused-ring (bicyclic) bond motifs is 1. The number of benzene rings is 2. The molecule has 110 valence electrons. The van der Waals surface area contributed by atoms with Crippen LogP contribution in [0, 0.1) is 10.5 Å². The summed E-state index contributed by atoms with van der Waals surface area (Å²) in [6.45, 7) is 3.09. The van der Waals surface area contributed by atoms with E-state index in [2.05, 4.69) is 83.4 Å². The minimum Gasteiger partial charge on any atom is -0.369 e. The lowest BCUT2D eigenvalue weighted by molar-refractivity contribution is 0.882. The van der Waals surface area contributed by atoms with Gasteiger partial charge in [0.1, 0.15) is 5.82 Å². The number of hydrogen-bond donors (Lipinski definition) is 1. The first kappa shape index (κ1) is 13.8. The lowest BCUT2D eigenvalue weighted by Crippen LogP contribution is -2.04. The summed E-state index contributed by atoms with van der Waals surface area (Å²) in [7, 11) is 0. The lowest BCUT2D eigenvalue weighted by Gasteiger charge is -2.06. The normalized spacial score (nSPS) is 13.0. The summed E-state index contributed by atoms with van der Waals surface area (Å²) in [5.74, 6) is 1.14. The van der Waals surface area contributed by atoms with Crippen LogP contribution in [0.1, 0.15) is 11.1 Å². The largest absolute Gasteiger partial charge is 0.369 e. The summed E-state index contributed by atoms with van der Waals surface area (Å²) in [6.07, 6.45) is 1.03. The van der Waals surface area contributed by atoms with Gasteiger partial charge in [0.2, 0.25) is 0 Å². The van der Waals surface area contributed by atoms with Crippen LogP contribution in [0.2, 0.25) is 0 Å². The van der Waals surface area contributed by atoms with Crippen molar-refractivity contribution in [1.82, 2.24) is 9.78 Å². The molecule has 1 aliphatic heterocycles. The van der Waals surface area contributed by atoms with Crippen LogP contribution in [-0.2, 0) is 6.42 Å². The van der Waals surface area contributed by atoms with E-state index in [1.54, 1.807) is 0 Å². The average Bonchev–Trinajstić information content (AvgIpc) is 3.12. The summed E-state index contributed by atoms with van der Waals surface area (Å²) in [6, 6.07) is 17.1. The topological polar surface area (TPSA) is 29.9 Å². The zero-order chi connectivity index (χ0) is 15.1. The molecular weight excluding hydrogens is 385 g/mol. The molecule has 0 spiro atoms. The van der Waals surface area contributed by atoms with Crippen molar-refractivity contribution in [2.75, 3.05) is 11.9 Å². The highest BCUT2D eigenvalue weighted by Crippen LogP contribution is 2.34. The fourth-order valence-electron chi connectivity index (χ4n) is 2.89. The van der Waals surface area contributed by atoms with E-state index in [9.17, 15) is 0 Å². The van der Waals surface area contributed by atoms with Crippen LogP contribution >= 0.6 is 22.6 Å². The Labute approximate surface area is 143 Å². The Morgan fingerprint density at radius 1 is 1.05 bits per heavy atom. The van der Waals surface area contributed by atoms with Crippen molar-refractivity contribution in [3.05, 3.63) is 63.2 Å². The second-order valence-corrected chi connectivity index (χ2v) is 6.85. The van der Waals surface area contributed by atoms with Crippen LogP contribution in [-0.4, -0.2) is 16.3 Å². The summed E-state index contributed by atoms with van der Waals surface area (Å²) in [5, 5.41) is 8.37. The quantitative estimate of drug-likeness (QED) is 0.645. The number of nitrogens with one attached hydrogen (secondary N) is 1. The summed E-state index contributed by atoms with van der Waals surface area (Å²) in [5.41, 5.74) is 5.97. The highest BCUT2D eigenvalue weighted by atomic mass is 127. The predicted octanol–water partition coefficient (Wildman–Crippen LogP) is 4.42. The molecule has 4 heteroatoms. The van der Waals surface area contributed by atoms with E-state index in [1.165, 1.54) is 20.3 Å². The van der Waals surface area contributed by atoms with E-state index in [4.69, 9.17) is 5.10 Å². The van der Waals surface area contributed by atoms with Gasteiger partial charge < -0.3 is 5.32 Å². The van der Waals surface area contributed by atoms with Crippen molar-refractivity contribution in [2.45, 2.75) is 13.3 Å². The summed E-state index contributed by atoms with van der Waals surface area (Å²) < 4.78 is 3.28. The van der Waals surface area contributed by atoms with Crippen LogP contribution in [0.5, 0.6) is 0 Å². The van der Waals surface area contributed by atoms with E-state index in [0.717, 1.165) is 30.2 Å². The number of anilines is 1. The van der Waals surface area contributed by atoms with Gasteiger partial charge in [0.15, 0.2) is 0 Å². The van der Waals surface area contributed by atoms with Crippen molar-refractivity contribution in [1.29, 1.82) is 0 Å². The third kappa shape index (κ3) is 2.31. The number of nitrogens with zero attached hydrogens (tertiary/aromatic N) is 2. The van der Waals surface area contributed by atoms with Gasteiger partial charge >= 0.3 is 0 Å². The van der Waals surface area contributed by atoms with Gasteiger partial charge in [-0.25, -0.2) is 4.68 Å². The molecule has 0 amide bonds. The Balaban J connectivity index is 1.86. The average molecular weight is 401 g/mol. The highest BCUT2D eigenvalue weighted by molar-refractivity contribution is 14.1. The molecule has 0 saturated carbocycles. The monoisotopic (exact) mass is 401 g/mol. The van der Waals surface area contributed by atoms with Gasteiger partial charge in [0, 0.05) is 21.2 Å². The molecule has 0 fully saturated rings. The summed E-state index contributed by atoms with van der Waals surface area (Å²) in [4.78, 5) is 0. The van der Waals surface area contributed by atoms with Crippen LogP contribution in [0.15, 0.2) is 48.5 Å². The molecule has 22 heavy (non-hydrogen) atoms. The molecule has 0 saturated heterocycles. The molecule has 0 atom stereocenters. The molecule has 0 radical (unpaired) electrons. The molecule has 0 bridgehead atoms.